The maximum atomic E-state index is 14.2. The first-order valence-corrected chi connectivity index (χ1v) is 11.9. The number of fused-ring (bicyclic) bond motifs is 1. The summed E-state index contributed by atoms with van der Waals surface area (Å²) in [6.07, 6.45) is 1.33. The van der Waals surface area contributed by atoms with Crippen LogP contribution in [0.2, 0.25) is 0 Å². The third-order valence-corrected chi connectivity index (χ3v) is 5.74. The largest absolute Gasteiger partial charge is 0.486 e. The molecular weight excluding hydrogens is 504 g/mol. The number of hydrogen-bond donors (Lipinski definition) is 1. The zero-order valence-electron chi connectivity index (χ0n) is 20.6. The van der Waals surface area contributed by atoms with E-state index >= 15 is 0 Å². The monoisotopic (exact) mass is 527 g/mol. The molecule has 4 aromatic carbocycles. The van der Waals surface area contributed by atoms with E-state index in [1.807, 2.05) is 66.7 Å². The third-order valence-electron chi connectivity index (χ3n) is 5.74. The van der Waals surface area contributed by atoms with Gasteiger partial charge in [0.15, 0.2) is 23.1 Å². The Balaban J connectivity index is 0.000000183. The van der Waals surface area contributed by atoms with Crippen LogP contribution in [-0.4, -0.2) is 9.91 Å². The summed E-state index contributed by atoms with van der Waals surface area (Å²) < 4.78 is 39.1. The average Bonchev–Trinajstić information content (AvgIpc) is 3.44. The van der Waals surface area contributed by atoms with Crippen molar-refractivity contribution < 1.29 is 23.2 Å². The van der Waals surface area contributed by atoms with Gasteiger partial charge in [-0.15, -0.1) is 0 Å². The van der Waals surface area contributed by atoms with E-state index in [0.29, 0.717) is 12.0 Å². The van der Waals surface area contributed by atoms with Crippen molar-refractivity contribution >= 4 is 16.6 Å². The van der Waals surface area contributed by atoms with E-state index < -0.39 is 16.4 Å². The van der Waals surface area contributed by atoms with Crippen molar-refractivity contribution in [2.24, 2.45) is 0 Å². The van der Waals surface area contributed by atoms with Crippen LogP contribution >= 0.6 is 0 Å². The summed E-state index contributed by atoms with van der Waals surface area (Å²) in [6, 6.07) is 28.1. The van der Waals surface area contributed by atoms with Crippen molar-refractivity contribution in [2.45, 2.75) is 19.6 Å². The Hall–Kier alpha value is -5.23. The maximum absolute atomic E-state index is 14.2. The zero-order chi connectivity index (χ0) is 27.6. The summed E-state index contributed by atoms with van der Waals surface area (Å²) in [5.74, 6) is -0.994. The minimum atomic E-state index is -0.860. The van der Waals surface area contributed by atoms with Crippen LogP contribution < -0.4 is 9.47 Å². The van der Waals surface area contributed by atoms with Gasteiger partial charge in [-0.2, -0.15) is 5.26 Å². The van der Waals surface area contributed by atoms with Gasteiger partial charge in [0.25, 0.3) is 5.69 Å². The highest BCUT2D eigenvalue weighted by Gasteiger charge is 2.21. The van der Waals surface area contributed by atoms with E-state index in [-0.39, 0.29) is 35.9 Å². The fourth-order valence-corrected chi connectivity index (χ4v) is 3.78. The Labute approximate surface area is 223 Å². The highest BCUT2D eigenvalue weighted by Crippen LogP contribution is 2.30. The molecule has 0 bridgehead atoms. The van der Waals surface area contributed by atoms with Crippen LogP contribution in [0.5, 0.6) is 11.5 Å². The smallest absolute Gasteiger partial charge is 0.276 e. The number of aromatic nitrogens is 1. The number of nitrogens with one attached hydrogen (secondary N) is 1. The molecule has 0 amide bonds. The Bertz CT molecular complexity index is 1600. The number of nitriles is 1. The van der Waals surface area contributed by atoms with Gasteiger partial charge >= 0.3 is 0 Å². The second kappa shape index (κ2) is 12.8. The van der Waals surface area contributed by atoms with E-state index in [0.717, 1.165) is 22.7 Å². The second-order valence-corrected chi connectivity index (χ2v) is 8.33. The molecule has 0 aliphatic carbocycles. The van der Waals surface area contributed by atoms with Gasteiger partial charge in [-0.05, 0) is 35.4 Å². The minimum absolute atomic E-state index is 0.102. The molecule has 196 valence electrons. The van der Waals surface area contributed by atoms with Crippen LogP contribution in [0.3, 0.4) is 0 Å². The third kappa shape index (κ3) is 6.76. The highest BCUT2D eigenvalue weighted by molar-refractivity contribution is 5.81. The first kappa shape index (κ1) is 26.8. The SMILES string of the molecule is Fc1c(OCc2ccccc2)ccc2[nH]ccc12.N#CCc1c([N+](=O)[O-])ccc(OCc2ccccc2)c1F. The molecule has 0 radical (unpaired) electrons. The van der Waals surface area contributed by atoms with Gasteiger partial charge in [-0.25, -0.2) is 8.78 Å². The number of nitro benzene ring substituents is 1. The van der Waals surface area contributed by atoms with E-state index in [2.05, 4.69) is 4.98 Å². The molecule has 1 aromatic heterocycles. The van der Waals surface area contributed by atoms with E-state index in [4.69, 9.17) is 14.7 Å². The number of nitrogens with zero attached hydrogens (tertiary/aromatic N) is 2. The van der Waals surface area contributed by atoms with Crippen LogP contribution in [0.4, 0.5) is 14.5 Å². The molecule has 39 heavy (non-hydrogen) atoms. The first-order chi connectivity index (χ1) is 19.0. The fourth-order valence-electron chi connectivity index (χ4n) is 3.78. The van der Waals surface area contributed by atoms with E-state index in [1.54, 1.807) is 24.4 Å². The number of rotatable bonds is 8. The van der Waals surface area contributed by atoms with E-state index in [1.165, 1.54) is 6.07 Å². The molecule has 0 saturated carbocycles. The summed E-state index contributed by atoms with van der Waals surface area (Å²) in [4.78, 5) is 13.1. The summed E-state index contributed by atoms with van der Waals surface area (Å²) in [5, 5.41) is 20.1. The summed E-state index contributed by atoms with van der Waals surface area (Å²) >= 11 is 0. The standard InChI is InChI=1S/C15H11FN2O3.C15H12FNO/c16-15-12(8-9-17)13(18(19)20)6-7-14(15)21-10-11-4-2-1-3-5-11;16-15-12-8-9-17-13(12)6-7-14(15)18-10-11-4-2-1-3-5-11/h1-7H,8,10H2;1-9,17H,10H2. The summed E-state index contributed by atoms with van der Waals surface area (Å²) in [5.41, 5.74) is 1.97. The number of aromatic amines is 1. The number of H-pyrrole nitrogens is 1. The molecule has 0 unspecified atom stereocenters. The lowest BCUT2D eigenvalue weighted by Crippen LogP contribution is -2.03. The second-order valence-electron chi connectivity index (χ2n) is 8.33. The van der Waals surface area contributed by atoms with Gasteiger partial charge in [0, 0.05) is 23.2 Å². The Kier molecular flexibility index (Phi) is 8.83. The van der Waals surface area contributed by atoms with E-state index in [9.17, 15) is 18.9 Å². The number of hydrogen-bond acceptors (Lipinski definition) is 5. The highest BCUT2D eigenvalue weighted by atomic mass is 19.1. The molecular formula is C30H23F2N3O4. The molecule has 0 atom stereocenters. The number of benzene rings is 4. The van der Waals surface area contributed by atoms with Gasteiger partial charge in [0.1, 0.15) is 13.2 Å². The molecule has 1 heterocycles. The maximum Gasteiger partial charge on any atom is 0.276 e. The topological polar surface area (TPSA) is 101 Å². The van der Waals surface area contributed by atoms with Crippen LogP contribution in [0, 0.1) is 33.1 Å². The van der Waals surface area contributed by atoms with Crippen molar-refractivity contribution in [3.63, 3.8) is 0 Å². The Morgan fingerprint density at radius 1 is 0.795 bits per heavy atom. The van der Waals surface area contributed by atoms with Crippen molar-refractivity contribution in [1.82, 2.24) is 4.98 Å². The van der Waals surface area contributed by atoms with Crippen molar-refractivity contribution in [3.05, 3.63) is 136 Å². The number of nitro groups is 1. The van der Waals surface area contributed by atoms with Crippen LogP contribution in [0.15, 0.2) is 97.2 Å². The van der Waals surface area contributed by atoms with Gasteiger partial charge in [0.2, 0.25) is 0 Å². The molecule has 0 aliphatic rings. The quantitative estimate of drug-likeness (QED) is 0.169. The molecule has 1 N–H and O–H groups in total. The lowest BCUT2D eigenvalue weighted by atomic mass is 10.1. The molecule has 5 rings (SSSR count). The summed E-state index contributed by atoms with van der Waals surface area (Å²) in [7, 11) is 0. The molecule has 5 aromatic rings. The number of halogens is 2. The average molecular weight is 528 g/mol. The Morgan fingerprint density at radius 2 is 1.36 bits per heavy atom. The van der Waals surface area contributed by atoms with Crippen molar-refractivity contribution in [3.8, 4) is 17.6 Å². The van der Waals surface area contributed by atoms with Crippen LogP contribution in [0.25, 0.3) is 10.9 Å². The molecule has 7 nitrogen and oxygen atoms in total. The lowest BCUT2D eigenvalue weighted by molar-refractivity contribution is -0.385. The van der Waals surface area contributed by atoms with Crippen LogP contribution in [-0.2, 0) is 19.6 Å². The fraction of sp³-hybridized carbons (Fsp3) is 0.100. The Morgan fingerprint density at radius 3 is 1.92 bits per heavy atom. The minimum Gasteiger partial charge on any atom is -0.486 e. The lowest BCUT2D eigenvalue weighted by Gasteiger charge is -2.09. The van der Waals surface area contributed by atoms with Crippen molar-refractivity contribution in [2.75, 3.05) is 0 Å². The zero-order valence-corrected chi connectivity index (χ0v) is 20.6. The normalized spacial score (nSPS) is 10.3. The van der Waals surface area contributed by atoms with Crippen molar-refractivity contribution in [1.29, 1.82) is 5.26 Å². The summed E-state index contributed by atoms with van der Waals surface area (Å²) in [6.45, 7) is 0.509. The van der Waals surface area contributed by atoms with Crippen LogP contribution in [0.1, 0.15) is 16.7 Å². The number of ether oxygens (including phenoxy) is 2. The molecule has 0 saturated heterocycles. The van der Waals surface area contributed by atoms with Gasteiger partial charge in [-0.3, -0.25) is 10.1 Å². The molecule has 0 aliphatic heterocycles. The predicted molar refractivity (Wildman–Crippen MR) is 142 cm³/mol. The molecule has 0 fully saturated rings. The first-order valence-electron chi connectivity index (χ1n) is 11.9. The van der Waals surface area contributed by atoms with Gasteiger partial charge in [-0.1, -0.05) is 60.7 Å². The molecule has 0 spiro atoms. The molecule has 9 heteroatoms. The predicted octanol–water partition coefficient (Wildman–Crippen LogP) is 7.26. The van der Waals surface area contributed by atoms with Gasteiger partial charge in [0.05, 0.1) is 23.0 Å². The van der Waals surface area contributed by atoms with Gasteiger partial charge < -0.3 is 14.5 Å².